The summed E-state index contributed by atoms with van der Waals surface area (Å²) >= 11 is 0. The van der Waals surface area contributed by atoms with Gasteiger partial charge in [0.05, 0.1) is 11.5 Å². The third-order valence-electron chi connectivity index (χ3n) is 4.33. The number of aliphatic hydroxyl groups is 1. The largest absolute Gasteiger partial charge is 0.392 e. The maximum atomic E-state index is 12.5. The molecule has 0 spiro atoms. The van der Waals surface area contributed by atoms with Crippen molar-refractivity contribution in [3.8, 4) is 0 Å². The lowest BCUT2D eigenvalue weighted by Crippen LogP contribution is -2.30. The minimum Gasteiger partial charge on any atom is -0.392 e. The molecule has 4 nitrogen and oxygen atoms in total. The van der Waals surface area contributed by atoms with Crippen molar-refractivity contribution in [2.24, 2.45) is 5.41 Å². The van der Waals surface area contributed by atoms with Gasteiger partial charge in [0, 0.05) is 6.54 Å². The van der Waals surface area contributed by atoms with Crippen LogP contribution in [0.1, 0.15) is 44.2 Å². The Morgan fingerprint density at radius 1 is 1.30 bits per heavy atom. The number of rotatable bonds is 7. The molecule has 0 aromatic heterocycles. The van der Waals surface area contributed by atoms with Crippen molar-refractivity contribution in [1.29, 1.82) is 0 Å². The third kappa shape index (κ3) is 3.22. The van der Waals surface area contributed by atoms with Gasteiger partial charge < -0.3 is 5.11 Å². The van der Waals surface area contributed by atoms with Crippen LogP contribution in [0.5, 0.6) is 0 Å². The number of sulfonamides is 1. The summed E-state index contributed by atoms with van der Waals surface area (Å²) in [6.07, 6.45) is 3.86. The van der Waals surface area contributed by atoms with E-state index in [0.717, 1.165) is 24.8 Å². The zero-order valence-electron chi connectivity index (χ0n) is 12.1. The van der Waals surface area contributed by atoms with Gasteiger partial charge in [-0.3, -0.25) is 0 Å². The molecule has 0 saturated heterocycles. The minimum atomic E-state index is -3.50. The molecular formula is C15H23NO3S. The first-order valence-electron chi connectivity index (χ1n) is 7.18. The summed E-state index contributed by atoms with van der Waals surface area (Å²) in [7, 11) is -3.50. The predicted molar refractivity (Wildman–Crippen MR) is 78.9 cm³/mol. The zero-order valence-corrected chi connectivity index (χ0v) is 13.0. The lowest BCUT2D eigenvalue weighted by Gasteiger charge is -2.16. The van der Waals surface area contributed by atoms with Crippen molar-refractivity contribution in [3.05, 3.63) is 29.3 Å². The van der Waals surface area contributed by atoms with Crippen LogP contribution in [0.15, 0.2) is 23.1 Å². The monoisotopic (exact) mass is 297 g/mol. The molecule has 2 N–H and O–H groups in total. The third-order valence-corrected chi connectivity index (χ3v) is 5.81. The molecule has 0 heterocycles. The molecule has 1 aliphatic rings. The first-order chi connectivity index (χ1) is 9.46. The van der Waals surface area contributed by atoms with Crippen molar-refractivity contribution in [2.75, 3.05) is 6.54 Å². The van der Waals surface area contributed by atoms with E-state index in [0.29, 0.717) is 23.4 Å². The smallest absolute Gasteiger partial charge is 0.240 e. The van der Waals surface area contributed by atoms with Crippen LogP contribution >= 0.6 is 0 Å². The van der Waals surface area contributed by atoms with Crippen LogP contribution in [0.2, 0.25) is 0 Å². The van der Waals surface area contributed by atoms with Crippen LogP contribution in [0.4, 0.5) is 0 Å². The van der Waals surface area contributed by atoms with Gasteiger partial charge in [0.2, 0.25) is 10.0 Å². The molecule has 1 saturated carbocycles. The molecule has 1 aromatic carbocycles. The Hall–Kier alpha value is -0.910. The first-order valence-corrected chi connectivity index (χ1v) is 8.67. The molecule has 0 aliphatic heterocycles. The van der Waals surface area contributed by atoms with E-state index in [4.69, 9.17) is 0 Å². The summed E-state index contributed by atoms with van der Waals surface area (Å²) in [4.78, 5) is 0.304. The second-order valence-corrected chi connectivity index (χ2v) is 7.37. The molecule has 0 amide bonds. The van der Waals surface area contributed by atoms with Gasteiger partial charge >= 0.3 is 0 Å². The van der Waals surface area contributed by atoms with Crippen molar-refractivity contribution in [1.82, 2.24) is 4.72 Å². The Bertz CT molecular complexity index is 577. The van der Waals surface area contributed by atoms with Crippen LogP contribution in [0.25, 0.3) is 0 Å². The molecule has 0 atom stereocenters. The maximum Gasteiger partial charge on any atom is 0.240 e. The van der Waals surface area contributed by atoms with Gasteiger partial charge in [-0.2, -0.15) is 0 Å². The molecule has 5 heteroatoms. The molecule has 0 unspecified atom stereocenters. The van der Waals surface area contributed by atoms with E-state index in [1.165, 1.54) is 0 Å². The minimum absolute atomic E-state index is 0.147. The van der Waals surface area contributed by atoms with Crippen LogP contribution < -0.4 is 4.72 Å². The average Bonchev–Trinajstić information content (AvgIpc) is 3.25. The summed E-state index contributed by atoms with van der Waals surface area (Å²) in [5.41, 5.74) is 1.59. The highest BCUT2D eigenvalue weighted by atomic mass is 32.2. The van der Waals surface area contributed by atoms with E-state index in [1.54, 1.807) is 18.2 Å². The summed E-state index contributed by atoms with van der Waals surface area (Å²) in [6.45, 7) is 4.40. The Morgan fingerprint density at radius 3 is 2.50 bits per heavy atom. The lowest BCUT2D eigenvalue weighted by molar-refractivity contribution is 0.281. The topological polar surface area (TPSA) is 66.4 Å². The SMILES string of the molecule is CCc1ccc(CO)cc1S(=O)(=O)NCC1(CC)CC1. The van der Waals surface area contributed by atoms with Gasteiger partial charge in [-0.15, -0.1) is 0 Å². The lowest BCUT2D eigenvalue weighted by atomic mass is 10.1. The molecule has 112 valence electrons. The van der Waals surface area contributed by atoms with Crippen LogP contribution in [-0.4, -0.2) is 20.1 Å². The fourth-order valence-electron chi connectivity index (χ4n) is 2.40. The number of benzene rings is 1. The normalized spacial score (nSPS) is 17.1. The summed E-state index contributed by atoms with van der Waals surface area (Å²) in [6, 6.07) is 5.13. The van der Waals surface area contributed by atoms with Crippen molar-refractivity contribution >= 4 is 10.0 Å². The van der Waals surface area contributed by atoms with Gasteiger partial charge in [0.25, 0.3) is 0 Å². The van der Waals surface area contributed by atoms with Gasteiger partial charge in [-0.1, -0.05) is 26.0 Å². The molecule has 1 aromatic rings. The summed E-state index contributed by atoms with van der Waals surface area (Å²) in [5.74, 6) is 0. The molecule has 20 heavy (non-hydrogen) atoms. The van der Waals surface area contributed by atoms with E-state index >= 15 is 0 Å². The number of aryl methyl sites for hydroxylation is 1. The van der Waals surface area contributed by atoms with E-state index in [1.807, 2.05) is 6.92 Å². The Balaban J connectivity index is 2.23. The molecule has 1 fully saturated rings. The van der Waals surface area contributed by atoms with E-state index in [-0.39, 0.29) is 12.0 Å². The average molecular weight is 297 g/mol. The van der Waals surface area contributed by atoms with Gasteiger partial charge in [-0.25, -0.2) is 13.1 Å². The second-order valence-electron chi connectivity index (χ2n) is 5.63. The fourth-order valence-corrected chi connectivity index (χ4v) is 3.91. The quantitative estimate of drug-likeness (QED) is 0.811. The van der Waals surface area contributed by atoms with Gasteiger partial charge in [0.15, 0.2) is 0 Å². The predicted octanol–water partition coefficient (Wildman–Crippen LogP) is 2.21. The van der Waals surface area contributed by atoms with Crippen LogP contribution in [-0.2, 0) is 23.1 Å². The Kier molecular flexibility index (Phi) is 4.52. The van der Waals surface area contributed by atoms with Crippen molar-refractivity contribution < 1.29 is 13.5 Å². The molecule has 0 radical (unpaired) electrons. The van der Waals surface area contributed by atoms with Gasteiger partial charge in [-0.05, 0) is 48.3 Å². The standard InChI is InChI=1S/C15H23NO3S/c1-3-13-6-5-12(10-17)9-14(13)20(18,19)16-11-15(4-2)7-8-15/h5-6,9,16-17H,3-4,7-8,10-11H2,1-2H3. The van der Waals surface area contributed by atoms with Crippen LogP contribution in [0, 0.1) is 5.41 Å². The highest BCUT2D eigenvalue weighted by Crippen LogP contribution is 2.48. The van der Waals surface area contributed by atoms with E-state index in [9.17, 15) is 13.5 Å². The number of nitrogens with one attached hydrogen (secondary N) is 1. The first kappa shape index (κ1) is 15.5. The Labute approximate surface area is 121 Å². The highest BCUT2D eigenvalue weighted by Gasteiger charge is 2.41. The maximum absolute atomic E-state index is 12.5. The summed E-state index contributed by atoms with van der Waals surface area (Å²) in [5, 5.41) is 9.18. The number of hydrogen-bond donors (Lipinski definition) is 2. The van der Waals surface area contributed by atoms with Gasteiger partial charge in [0.1, 0.15) is 0 Å². The Morgan fingerprint density at radius 2 is 2.00 bits per heavy atom. The summed E-state index contributed by atoms with van der Waals surface area (Å²) < 4.78 is 27.7. The molecule has 2 rings (SSSR count). The van der Waals surface area contributed by atoms with E-state index in [2.05, 4.69) is 11.6 Å². The van der Waals surface area contributed by atoms with Crippen LogP contribution in [0.3, 0.4) is 0 Å². The van der Waals surface area contributed by atoms with Crippen molar-refractivity contribution in [2.45, 2.75) is 51.0 Å². The highest BCUT2D eigenvalue weighted by molar-refractivity contribution is 7.89. The van der Waals surface area contributed by atoms with Crippen molar-refractivity contribution in [3.63, 3.8) is 0 Å². The van der Waals surface area contributed by atoms with E-state index < -0.39 is 10.0 Å². The molecule has 0 bridgehead atoms. The molecular weight excluding hydrogens is 274 g/mol. The molecule has 1 aliphatic carbocycles. The number of hydrogen-bond acceptors (Lipinski definition) is 3. The zero-order chi connectivity index (χ0) is 14.8. The fraction of sp³-hybridized carbons (Fsp3) is 0.600. The number of aliphatic hydroxyl groups excluding tert-OH is 1. The second kappa shape index (κ2) is 5.84.